The third-order valence-corrected chi connectivity index (χ3v) is 8.27. The van der Waals surface area contributed by atoms with Gasteiger partial charge in [0, 0.05) is 43.8 Å². The van der Waals surface area contributed by atoms with E-state index in [1.807, 2.05) is 0 Å². The molecule has 0 bridgehead atoms. The molecule has 1 aromatic heterocycles. The third-order valence-electron chi connectivity index (χ3n) is 5.23. The molecule has 1 aliphatic heterocycles. The van der Waals surface area contributed by atoms with Crippen molar-refractivity contribution in [1.29, 1.82) is 0 Å². The maximum absolute atomic E-state index is 14.1. The highest BCUT2D eigenvalue weighted by Crippen LogP contribution is 2.37. The molecule has 0 radical (unpaired) electrons. The zero-order valence-electron chi connectivity index (χ0n) is 16.8. The molecule has 2 aromatic carbocycles. The predicted octanol–water partition coefficient (Wildman–Crippen LogP) is 2.57. The number of aromatic nitrogens is 1. The van der Waals surface area contributed by atoms with Crippen LogP contribution < -0.4 is 4.90 Å². The molecule has 2 heterocycles. The van der Waals surface area contributed by atoms with Gasteiger partial charge in [-0.3, -0.25) is 4.98 Å². The van der Waals surface area contributed by atoms with Crippen molar-refractivity contribution < 1.29 is 30.0 Å². The van der Waals surface area contributed by atoms with Crippen molar-refractivity contribution >= 4 is 36.5 Å². The van der Waals surface area contributed by atoms with E-state index in [9.17, 15) is 30.0 Å². The number of anilines is 1. The van der Waals surface area contributed by atoms with E-state index >= 15 is 0 Å². The van der Waals surface area contributed by atoms with Crippen molar-refractivity contribution in [1.82, 2.24) is 9.29 Å². The largest absolute Gasteiger partial charge is 0.367 e. The maximum atomic E-state index is 14.1. The summed E-state index contributed by atoms with van der Waals surface area (Å²) in [6.45, 7) is 0.434. The van der Waals surface area contributed by atoms with Gasteiger partial charge in [-0.2, -0.15) is 4.31 Å². The van der Waals surface area contributed by atoms with Crippen molar-refractivity contribution in [3.63, 3.8) is 0 Å². The molecule has 7 nitrogen and oxygen atoms in total. The Bertz CT molecular complexity index is 1400. The topological polar surface area (TPSA) is 87.7 Å². The Labute approximate surface area is 183 Å². The Hall–Kier alpha value is -2.70. The summed E-state index contributed by atoms with van der Waals surface area (Å²) >= 11 is 0. The molecule has 32 heavy (non-hydrogen) atoms. The van der Waals surface area contributed by atoms with Gasteiger partial charge in [-0.25, -0.2) is 30.0 Å². The van der Waals surface area contributed by atoms with Crippen LogP contribution in [0.25, 0.3) is 10.9 Å². The second-order valence-electron chi connectivity index (χ2n) is 7.39. The van der Waals surface area contributed by atoms with E-state index in [0.717, 1.165) is 18.5 Å². The first-order valence-electron chi connectivity index (χ1n) is 9.46. The number of sulfone groups is 1. The van der Waals surface area contributed by atoms with Gasteiger partial charge in [0.25, 0.3) is 0 Å². The number of hydrogen-bond donors (Lipinski definition) is 0. The van der Waals surface area contributed by atoms with Crippen molar-refractivity contribution in [3.05, 3.63) is 60.0 Å². The summed E-state index contributed by atoms with van der Waals surface area (Å²) in [5.74, 6) is -2.75. The first-order valence-corrected chi connectivity index (χ1v) is 12.8. The van der Waals surface area contributed by atoms with Gasteiger partial charge in [-0.15, -0.1) is 0 Å². The monoisotopic (exact) mass is 485 g/mol. The molecule has 0 aliphatic carbocycles. The van der Waals surface area contributed by atoms with Crippen LogP contribution in [-0.2, 0) is 19.9 Å². The van der Waals surface area contributed by atoms with Crippen molar-refractivity contribution in [2.75, 3.05) is 37.3 Å². The van der Waals surface area contributed by atoms with E-state index in [2.05, 4.69) is 4.98 Å². The van der Waals surface area contributed by atoms with Gasteiger partial charge in [0.05, 0.1) is 22.4 Å². The summed E-state index contributed by atoms with van der Waals surface area (Å²) in [6, 6.07) is 5.64. The zero-order chi connectivity index (χ0) is 23.3. The summed E-state index contributed by atoms with van der Waals surface area (Å²) in [6.07, 6.45) is 2.14. The third kappa shape index (κ3) is 4.17. The minimum atomic E-state index is -4.45. The second-order valence-corrected chi connectivity index (χ2v) is 11.3. The summed E-state index contributed by atoms with van der Waals surface area (Å²) in [5.41, 5.74) is 0.420. The molecule has 4 rings (SSSR count). The van der Waals surface area contributed by atoms with Crippen LogP contribution in [-0.4, -0.2) is 58.6 Å². The van der Waals surface area contributed by atoms with Crippen LogP contribution in [0, 0.1) is 17.5 Å². The van der Waals surface area contributed by atoms with Crippen LogP contribution in [0.1, 0.15) is 0 Å². The van der Waals surface area contributed by atoms with Crippen molar-refractivity contribution in [3.8, 4) is 0 Å². The molecule has 0 spiro atoms. The average molecular weight is 486 g/mol. The molecule has 0 amide bonds. The van der Waals surface area contributed by atoms with Gasteiger partial charge in [-0.1, -0.05) is 0 Å². The van der Waals surface area contributed by atoms with Crippen molar-refractivity contribution in [2.45, 2.75) is 9.79 Å². The summed E-state index contributed by atoms with van der Waals surface area (Å²) in [4.78, 5) is 4.76. The van der Waals surface area contributed by atoms with Gasteiger partial charge < -0.3 is 4.90 Å². The fraction of sp³-hybridized carbons (Fsp3) is 0.250. The first kappa shape index (κ1) is 22.5. The van der Waals surface area contributed by atoms with Gasteiger partial charge in [-0.05, 0) is 30.3 Å². The van der Waals surface area contributed by atoms with E-state index in [1.54, 1.807) is 4.90 Å². The lowest BCUT2D eigenvalue weighted by Crippen LogP contribution is -2.48. The van der Waals surface area contributed by atoms with Crippen LogP contribution in [0.5, 0.6) is 0 Å². The standard InChI is InChI=1S/C20H18F3N3O4S2/c1-31(27,28)26-6-4-25(5-7-26)20-17-11-13(21)2-3-18(17)24-12-19(20)32(29,30)16-9-14(22)8-15(23)10-16/h2-3,8-12H,4-7H2,1H3. The number of piperazine rings is 1. The molecule has 0 unspecified atom stereocenters. The lowest BCUT2D eigenvalue weighted by atomic mass is 10.1. The highest BCUT2D eigenvalue weighted by Gasteiger charge is 2.31. The summed E-state index contributed by atoms with van der Waals surface area (Å²) < 4.78 is 93.2. The average Bonchev–Trinajstić information content (AvgIpc) is 2.71. The maximum Gasteiger partial charge on any atom is 0.211 e. The van der Waals surface area contributed by atoms with Crippen LogP contribution in [0.2, 0.25) is 0 Å². The quantitative estimate of drug-likeness (QED) is 0.565. The Morgan fingerprint density at radius 1 is 0.844 bits per heavy atom. The van der Waals surface area contributed by atoms with Gasteiger partial charge in [0.1, 0.15) is 22.3 Å². The molecule has 12 heteroatoms. The first-order chi connectivity index (χ1) is 15.0. The van der Waals surface area contributed by atoms with E-state index in [-0.39, 0.29) is 42.1 Å². The van der Waals surface area contributed by atoms with Crippen LogP contribution in [0.3, 0.4) is 0 Å². The number of nitrogens with zero attached hydrogens (tertiary/aromatic N) is 3. The smallest absolute Gasteiger partial charge is 0.211 e. The van der Waals surface area contributed by atoms with Crippen LogP contribution >= 0.6 is 0 Å². The van der Waals surface area contributed by atoms with E-state index in [0.29, 0.717) is 23.7 Å². The van der Waals surface area contributed by atoms with Gasteiger partial charge in [0.2, 0.25) is 19.9 Å². The fourth-order valence-electron chi connectivity index (χ4n) is 3.71. The van der Waals surface area contributed by atoms with Crippen molar-refractivity contribution in [2.24, 2.45) is 0 Å². The Morgan fingerprint density at radius 3 is 2.06 bits per heavy atom. The molecule has 1 aliphatic rings. The minimum absolute atomic E-state index is 0.0893. The van der Waals surface area contributed by atoms with Gasteiger partial charge >= 0.3 is 0 Å². The molecule has 1 fully saturated rings. The Balaban J connectivity index is 1.90. The number of fused-ring (bicyclic) bond motifs is 1. The number of pyridine rings is 1. The fourth-order valence-corrected chi connectivity index (χ4v) is 6.01. The number of sulfonamides is 1. The lowest BCUT2D eigenvalue weighted by molar-refractivity contribution is 0.387. The Morgan fingerprint density at radius 2 is 1.47 bits per heavy atom. The van der Waals surface area contributed by atoms with E-state index in [4.69, 9.17) is 0 Å². The molecule has 0 atom stereocenters. The zero-order valence-corrected chi connectivity index (χ0v) is 18.4. The van der Waals surface area contributed by atoms with Crippen LogP contribution in [0.15, 0.2) is 52.4 Å². The molecule has 3 aromatic rings. The van der Waals surface area contributed by atoms with Crippen LogP contribution in [0.4, 0.5) is 18.9 Å². The second kappa shape index (κ2) is 8.01. The number of hydrogen-bond acceptors (Lipinski definition) is 6. The molecular weight excluding hydrogens is 467 g/mol. The van der Waals surface area contributed by atoms with E-state index in [1.165, 1.54) is 16.4 Å². The molecule has 0 N–H and O–H groups in total. The summed E-state index contributed by atoms with van der Waals surface area (Å²) in [7, 11) is -7.89. The number of rotatable bonds is 4. The minimum Gasteiger partial charge on any atom is -0.367 e. The highest BCUT2D eigenvalue weighted by atomic mass is 32.2. The molecule has 1 saturated heterocycles. The lowest BCUT2D eigenvalue weighted by Gasteiger charge is -2.36. The van der Waals surface area contributed by atoms with E-state index < -0.39 is 42.2 Å². The molecular formula is C20H18F3N3O4S2. The molecule has 0 saturated carbocycles. The number of benzene rings is 2. The summed E-state index contributed by atoms with van der Waals surface area (Å²) in [5, 5.41) is 0.191. The SMILES string of the molecule is CS(=O)(=O)N1CCN(c2c(S(=O)(=O)c3cc(F)cc(F)c3)cnc3ccc(F)cc23)CC1. The normalized spacial score (nSPS) is 15.9. The number of halogens is 3. The Kier molecular flexibility index (Phi) is 5.63. The highest BCUT2D eigenvalue weighted by molar-refractivity contribution is 7.91. The predicted molar refractivity (Wildman–Crippen MR) is 112 cm³/mol. The molecule has 170 valence electrons. The van der Waals surface area contributed by atoms with Gasteiger partial charge in [0.15, 0.2) is 0 Å².